The Bertz CT molecular complexity index is 825. The van der Waals surface area contributed by atoms with Crippen molar-refractivity contribution in [1.82, 2.24) is 16.0 Å². The van der Waals surface area contributed by atoms with Crippen molar-refractivity contribution in [3.8, 4) is 5.75 Å². The van der Waals surface area contributed by atoms with E-state index >= 15 is 0 Å². The second-order valence-corrected chi connectivity index (χ2v) is 7.50. The molecular formula is C22H30N4O2. The summed E-state index contributed by atoms with van der Waals surface area (Å²) in [6.45, 7) is 7.05. The molecule has 6 heteroatoms. The van der Waals surface area contributed by atoms with Gasteiger partial charge in [-0.05, 0) is 44.5 Å². The van der Waals surface area contributed by atoms with E-state index in [0.29, 0.717) is 24.6 Å². The summed E-state index contributed by atoms with van der Waals surface area (Å²) < 4.78 is 5.37. The van der Waals surface area contributed by atoms with E-state index in [1.165, 1.54) is 0 Å². The van der Waals surface area contributed by atoms with Crippen molar-refractivity contribution in [3.05, 3.63) is 65.2 Å². The van der Waals surface area contributed by atoms with Gasteiger partial charge in [0.2, 0.25) is 0 Å². The molecular weight excluding hydrogens is 352 g/mol. The van der Waals surface area contributed by atoms with Gasteiger partial charge in [0.1, 0.15) is 5.75 Å². The molecule has 0 saturated carbocycles. The minimum absolute atomic E-state index is 0.0759. The highest BCUT2D eigenvalue weighted by molar-refractivity contribution is 5.94. The van der Waals surface area contributed by atoms with Crippen molar-refractivity contribution in [2.45, 2.75) is 39.4 Å². The number of methoxy groups -OCH3 is 1. The zero-order valence-corrected chi connectivity index (χ0v) is 17.3. The van der Waals surface area contributed by atoms with Gasteiger partial charge in [0, 0.05) is 36.8 Å². The predicted octanol–water partition coefficient (Wildman–Crippen LogP) is 3.09. The van der Waals surface area contributed by atoms with E-state index < -0.39 is 0 Å². The van der Waals surface area contributed by atoms with E-state index in [2.05, 4.69) is 20.9 Å². The van der Waals surface area contributed by atoms with Gasteiger partial charge in [0.05, 0.1) is 7.11 Å². The summed E-state index contributed by atoms with van der Waals surface area (Å²) in [6.07, 6.45) is 0. The third kappa shape index (κ3) is 6.61. The van der Waals surface area contributed by atoms with Crippen LogP contribution in [0.25, 0.3) is 0 Å². The molecule has 0 aliphatic rings. The van der Waals surface area contributed by atoms with Crippen molar-refractivity contribution in [3.63, 3.8) is 0 Å². The topological polar surface area (TPSA) is 74.8 Å². The Hall–Kier alpha value is -3.02. The number of carbonyl (C=O) groups is 1. The van der Waals surface area contributed by atoms with Crippen LogP contribution in [0.4, 0.5) is 0 Å². The molecule has 0 bridgehead atoms. The number of rotatable bonds is 6. The summed E-state index contributed by atoms with van der Waals surface area (Å²) in [7, 11) is 3.39. The lowest BCUT2D eigenvalue weighted by atomic mass is 10.1. The molecule has 1 amide bonds. The van der Waals surface area contributed by atoms with E-state index in [0.717, 1.165) is 16.9 Å². The highest BCUT2D eigenvalue weighted by Crippen LogP contribution is 2.16. The van der Waals surface area contributed by atoms with Gasteiger partial charge >= 0.3 is 0 Å². The lowest BCUT2D eigenvalue weighted by Gasteiger charge is -2.20. The average Bonchev–Trinajstić information content (AvgIpc) is 2.67. The zero-order valence-electron chi connectivity index (χ0n) is 17.3. The van der Waals surface area contributed by atoms with Crippen molar-refractivity contribution in [2.24, 2.45) is 4.99 Å². The van der Waals surface area contributed by atoms with Crippen LogP contribution in [0.2, 0.25) is 0 Å². The number of amides is 1. The molecule has 2 aromatic carbocycles. The van der Waals surface area contributed by atoms with Crippen LogP contribution < -0.4 is 20.7 Å². The number of carbonyl (C=O) groups excluding carboxylic acids is 1. The second-order valence-electron chi connectivity index (χ2n) is 7.50. The van der Waals surface area contributed by atoms with E-state index in [9.17, 15) is 4.79 Å². The summed E-state index contributed by atoms with van der Waals surface area (Å²) >= 11 is 0. The number of para-hydroxylation sites is 1. The minimum Gasteiger partial charge on any atom is -0.496 e. The molecule has 28 heavy (non-hydrogen) atoms. The van der Waals surface area contributed by atoms with Crippen LogP contribution in [-0.4, -0.2) is 31.6 Å². The molecule has 6 nitrogen and oxygen atoms in total. The molecule has 0 heterocycles. The number of benzene rings is 2. The maximum absolute atomic E-state index is 12.3. The van der Waals surface area contributed by atoms with Gasteiger partial charge in [0.25, 0.3) is 5.91 Å². The lowest BCUT2D eigenvalue weighted by Crippen LogP contribution is -2.40. The summed E-state index contributed by atoms with van der Waals surface area (Å²) in [5.74, 6) is 1.44. The van der Waals surface area contributed by atoms with E-state index in [1.54, 1.807) is 14.2 Å². The van der Waals surface area contributed by atoms with E-state index in [4.69, 9.17) is 4.74 Å². The molecule has 0 saturated heterocycles. The molecule has 0 atom stereocenters. The van der Waals surface area contributed by atoms with Gasteiger partial charge in [-0.15, -0.1) is 0 Å². The van der Waals surface area contributed by atoms with E-state index in [-0.39, 0.29) is 11.4 Å². The number of guanidine groups is 1. The quantitative estimate of drug-likeness (QED) is 0.530. The first-order valence-electron chi connectivity index (χ1n) is 9.30. The summed E-state index contributed by atoms with van der Waals surface area (Å²) in [6, 6.07) is 15.4. The molecule has 2 aromatic rings. The van der Waals surface area contributed by atoms with Crippen LogP contribution in [0.3, 0.4) is 0 Å². The smallest absolute Gasteiger partial charge is 0.251 e. The van der Waals surface area contributed by atoms with Crippen molar-refractivity contribution >= 4 is 11.9 Å². The Morgan fingerprint density at radius 1 is 1.04 bits per heavy atom. The molecule has 0 aromatic heterocycles. The fourth-order valence-corrected chi connectivity index (χ4v) is 2.67. The molecule has 0 fully saturated rings. The molecule has 0 aliphatic carbocycles. The van der Waals surface area contributed by atoms with Crippen LogP contribution in [0.1, 0.15) is 42.3 Å². The van der Waals surface area contributed by atoms with Gasteiger partial charge in [-0.3, -0.25) is 9.79 Å². The largest absolute Gasteiger partial charge is 0.496 e. The first-order chi connectivity index (χ1) is 13.3. The monoisotopic (exact) mass is 382 g/mol. The van der Waals surface area contributed by atoms with Crippen LogP contribution in [0, 0.1) is 0 Å². The minimum atomic E-state index is -0.268. The Morgan fingerprint density at radius 2 is 1.75 bits per heavy atom. The molecule has 150 valence electrons. The highest BCUT2D eigenvalue weighted by Gasteiger charge is 2.15. The number of nitrogens with one attached hydrogen (secondary N) is 3. The maximum Gasteiger partial charge on any atom is 0.251 e. The third-order valence-electron chi connectivity index (χ3n) is 4.00. The fourth-order valence-electron chi connectivity index (χ4n) is 2.67. The normalized spacial score (nSPS) is 11.7. The predicted molar refractivity (Wildman–Crippen MR) is 114 cm³/mol. The third-order valence-corrected chi connectivity index (χ3v) is 4.00. The number of nitrogens with zero attached hydrogens (tertiary/aromatic N) is 1. The lowest BCUT2D eigenvalue weighted by molar-refractivity contribution is 0.0919. The van der Waals surface area contributed by atoms with Crippen LogP contribution in [-0.2, 0) is 13.1 Å². The van der Waals surface area contributed by atoms with Gasteiger partial charge < -0.3 is 20.7 Å². The van der Waals surface area contributed by atoms with Gasteiger partial charge in [0.15, 0.2) is 5.96 Å². The Kier molecular flexibility index (Phi) is 7.44. The first-order valence-corrected chi connectivity index (χ1v) is 9.30. The fraction of sp³-hybridized carbons (Fsp3) is 0.364. The molecule has 0 unspecified atom stereocenters. The zero-order chi connectivity index (χ0) is 20.6. The van der Waals surface area contributed by atoms with Crippen molar-refractivity contribution in [1.29, 1.82) is 0 Å². The number of hydrogen-bond acceptors (Lipinski definition) is 3. The first kappa shape index (κ1) is 21.3. The van der Waals surface area contributed by atoms with E-state index in [1.807, 2.05) is 69.3 Å². The summed E-state index contributed by atoms with van der Waals surface area (Å²) in [5, 5.41) is 9.53. The van der Waals surface area contributed by atoms with Crippen LogP contribution >= 0.6 is 0 Å². The molecule has 2 rings (SSSR count). The van der Waals surface area contributed by atoms with Crippen molar-refractivity contribution in [2.75, 3.05) is 14.2 Å². The number of ether oxygens (including phenoxy) is 1. The SMILES string of the molecule is CN=C(NCc1cccc(C(=O)NC(C)(C)C)c1)NCc1ccccc1OC. The second kappa shape index (κ2) is 9.78. The summed E-state index contributed by atoms with van der Waals surface area (Å²) in [5.41, 5.74) is 2.43. The number of aliphatic imine (C=N–C) groups is 1. The molecule has 0 radical (unpaired) electrons. The summed E-state index contributed by atoms with van der Waals surface area (Å²) in [4.78, 5) is 16.6. The standard InChI is InChI=1S/C22H30N4O2/c1-22(2,3)26-20(27)17-11-8-9-16(13-17)14-24-21(23-4)25-15-18-10-6-7-12-19(18)28-5/h6-13H,14-15H2,1-5H3,(H,26,27)(H2,23,24,25). The Balaban J connectivity index is 1.94. The van der Waals surface area contributed by atoms with Gasteiger partial charge in [-0.1, -0.05) is 30.3 Å². The highest BCUT2D eigenvalue weighted by atomic mass is 16.5. The van der Waals surface area contributed by atoms with Gasteiger partial charge in [-0.2, -0.15) is 0 Å². The van der Waals surface area contributed by atoms with Gasteiger partial charge in [-0.25, -0.2) is 0 Å². The number of hydrogen-bond donors (Lipinski definition) is 3. The maximum atomic E-state index is 12.3. The molecule has 3 N–H and O–H groups in total. The average molecular weight is 383 g/mol. The Labute approximate surface area is 167 Å². The Morgan fingerprint density at radius 3 is 2.43 bits per heavy atom. The van der Waals surface area contributed by atoms with Crippen molar-refractivity contribution < 1.29 is 9.53 Å². The van der Waals surface area contributed by atoms with Crippen LogP contribution in [0.5, 0.6) is 5.75 Å². The van der Waals surface area contributed by atoms with Crippen LogP contribution in [0.15, 0.2) is 53.5 Å². The molecule has 0 aliphatic heterocycles. The molecule has 0 spiro atoms.